The zero-order chi connectivity index (χ0) is 10.0. The number of nitrogens with zero attached hydrogens (tertiary/aromatic N) is 1. The number of nitrogen functional groups attached to an aromatic ring is 1. The van der Waals surface area contributed by atoms with Crippen molar-refractivity contribution in [1.29, 1.82) is 0 Å². The summed E-state index contributed by atoms with van der Waals surface area (Å²) in [7, 11) is 0. The van der Waals surface area contributed by atoms with Gasteiger partial charge in [0.2, 0.25) is 0 Å². The molecule has 76 valence electrons. The molecule has 0 aliphatic heterocycles. The molecule has 0 saturated heterocycles. The second-order valence-corrected chi connectivity index (χ2v) is 2.65. The van der Waals surface area contributed by atoms with E-state index < -0.39 is 10.2 Å². The van der Waals surface area contributed by atoms with Crippen molar-refractivity contribution < 1.29 is 9.72 Å². The van der Waals surface area contributed by atoms with E-state index in [2.05, 4.69) is 0 Å². The highest BCUT2D eigenvalue weighted by molar-refractivity contribution is 6.68. The summed E-state index contributed by atoms with van der Waals surface area (Å²) >= 11 is 5.14. The van der Waals surface area contributed by atoms with Crippen LogP contribution in [0.4, 0.5) is 11.4 Å². The molecule has 14 heavy (non-hydrogen) atoms. The molecule has 0 unspecified atom stereocenters. The van der Waals surface area contributed by atoms with Crippen LogP contribution >= 0.6 is 24.0 Å². The maximum absolute atomic E-state index is 10.7. The number of nitro groups is 1. The number of benzene rings is 1. The number of halogens is 2. The van der Waals surface area contributed by atoms with Gasteiger partial charge in [0, 0.05) is 17.8 Å². The largest absolute Gasteiger partial charge is 0.398 e. The summed E-state index contributed by atoms with van der Waals surface area (Å²) in [4.78, 5) is 20.4. The Bertz CT molecular complexity index is 381. The first-order valence-corrected chi connectivity index (χ1v) is 3.64. The molecule has 5 nitrogen and oxygen atoms in total. The van der Waals surface area contributed by atoms with E-state index in [1.165, 1.54) is 12.1 Å². The molecule has 0 spiro atoms. The highest BCUT2D eigenvalue weighted by Gasteiger charge is 2.12. The fourth-order valence-corrected chi connectivity index (χ4v) is 0.992. The maximum atomic E-state index is 10.7. The van der Waals surface area contributed by atoms with Crippen LogP contribution in [0.3, 0.4) is 0 Å². The average molecular weight is 237 g/mol. The molecular formula is C7H6Cl2N2O3. The summed E-state index contributed by atoms with van der Waals surface area (Å²) in [5, 5.41) is 9.49. The Morgan fingerprint density at radius 2 is 2.07 bits per heavy atom. The Morgan fingerprint density at radius 3 is 2.50 bits per heavy atom. The zero-order valence-corrected chi connectivity index (χ0v) is 8.34. The van der Waals surface area contributed by atoms with Gasteiger partial charge in [0.05, 0.1) is 10.5 Å². The monoisotopic (exact) mass is 236 g/mol. The van der Waals surface area contributed by atoms with Crippen LogP contribution in [0.2, 0.25) is 0 Å². The number of hydrogen-bond donors (Lipinski definition) is 1. The maximum Gasteiger partial charge on any atom is 0.270 e. The van der Waals surface area contributed by atoms with Gasteiger partial charge in [0.25, 0.3) is 10.9 Å². The number of non-ortho nitro benzene ring substituents is 1. The molecule has 0 saturated carbocycles. The van der Waals surface area contributed by atoms with E-state index in [4.69, 9.17) is 17.3 Å². The lowest BCUT2D eigenvalue weighted by Gasteiger charge is -1.98. The van der Waals surface area contributed by atoms with Crippen molar-refractivity contribution in [3.8, 4) is 0 Å². The number of carbonyl (C=O) groups excluding carboxylic acids is 1. The van der Waals surface area contributed by atoms with Crippen LogP contribution in [-0.2, 0) is 0 Å². The van der Waals surface area contributed by atoms with Gasteiger partial charge in [0.1, 0.15) is 0 Å². The van der Waals surface area contributed by atoms with Crippen molar-refractivity contribution in [1.82, 2.24) is 0 Å². The summed E-state index contributed by atoms with van der Waals surface area (Å²) < 4.78 is 0. The zero-order valence-electron chi connectivity index (χ0n) is 6.77. The first-order valence-electron chi connectivity index (χ1n) is 3.26. The molecule has 0 aromatic heterocycles. The van der Waals surface area contributed by atoms with Gasteiger partial charge in [0.15, 0.2) is 0 Å². The summed E-state index contributed by atoms with van der Waals surface area (Å²) in [5.74, 6) is 0. The molecule has 0 atom stereocenters. The molecule has 0 radical (unpaired) electrons. The van der Waals surface area contributed by atoms with Crippen molar-refractivity contribution >= 4 is 40.6 Å². The number of rotatable bonds is 2. The van der Waals surface area contributed by atoms with Gasteiger partial charge >= 0.3 is 0 Å². The molecule has 0 aliphatic carbocycles. The van der Waals surface area contributed by atoms with Gasteiger partial charge in [-0.1, -0.05) is 0 Å². The molecule has 0 bridgehead atoms. The Balaban J connectivity index is 0.00000169. The van der Waals surface area contributed by atoms with Crippen LogP contribution < -0.4 is 5.73 Å². The van der Waals surface area contributed by atoms with Crippen LogP contribution in [0.15, 0.2) is 18.2 Å². The Labute approximate surface area is 90.4 Å². The summed E-state index contributed by atoms with van der Waals surface area (Å²) in [6.07, 6.45) is 0. The summed E-state index contributed by atoms with van der Waals surface area (Å²) in [5.41, 5.74) is 5.24. The normalized spacial score (nSPS) is 8.93. The van der Waals surface area contributed by atoms with Gasteiger partial charge in [-0.2, -0.15) is 0 Å². The van der Waals surface area contributed by atoms with Crippen molar-refractivity contribution in [3.05, 3.63) is 33.9 Å². The molecule has 1 aromatic carbocycles. The third kappa shape index (κ3) is 2.58. The molecule has 0 fully saturated rings. The minimum atomic E-state index is -0.804. The Morgan fingerprint density at radius 1 is 1.50 bits per heavy atom. The van der Waals surface area contributed by atoms with E-state index >= 15 is 0 Å². The van der Waals surface area contributed by atoms with Crippen LogP contribution in [0.1, 0.15) is 10.4 Å². The number of anilines is 1. The van der Waals surface area contributed by atoms with Gasteiger partial charge in [-0.25, -0.2) is 0 Å². The topological polar surface area (TPSA) is 86.2 Å². The average Bonchev–Trinajstić information content (AvgIpc) is 2.04. The first kappa shape index (κ1) is 12.7. The van der Waals surface area contributed by atoms with Gasteiger partial charge in [-0.05, 0) is 17.7 Å². The molecule has 1 rings (SSSR count). The Kier molecular flexibility index (Phi) is 4.33. The first-order chi connectivity index (χ1) is 6.02. The lowest BCUT2D eigenvalue weighted by atomic mass is 10.2. The second kappa shape index (κ2) is 4.78. The number of nitro benzene ring substituents is 1. The van der Waals surface area contributed by atoms with Crippen LogP contribution in [0.5, 0.6) is 0 Å². The fraction of sp³-hybridized carbons (Fsp3) is 0. The van der Waals surface area contributed by atoms with Gasteiger partial charge in [-0.3, -0.25) is 14.9 Å². The SMILES string of the molecule is Cl.Nc1ccc([N+](=O)[O-])cc1C(=O)Cl. The van der Waals surface area contributed by atoms with E-state index in [0.717, 1.165) is 6.07 Å². The third-order valence-corrected chi connectivity index (χ3v) is 1.66. The van der Waals surface area contributed by atoms with E-state index in [1.807, 2.05) is 0 Å². The quantitative estimate of drug-likeness (QED) is 0.368. The molecule has 1 aromatic rings. The molecule has 7 heteroatoms. The molecule has 2 N–H and O–H groups in total. The third-order valence-electron chi connectivity index (χ3n) is 1.46. The van der Waals surface area contributed by atoms with Crippen LogP contribution in [-0.4, -0.2) is 10.2 Å². The van der Waals surface area contributed by atoms with E-state index in [0.29, 0.717) is 0 Å². The van der Waals surface area contributed by atoms with Crippen molar-refractivity contribution in [2.24, 2.45) is 0 Å². The molecule has 0 heterocycles. The highest BCUT2D eigenvalue weighted by atomic mass is 35.5. The van der Waals surface area contributed by atoms with E-state index in [9.17, 15) is 14.9 Å². The minimum absolute atomic E-state index is 0. The molecule has 0 aliphatic rings. The Hall–Kier alpha value is -1.33. The van der Waals surface area contributed by atoms with Gasteiger partial charge < -0.3 is 5.73 Å². The second-order valence-electron chi connectivity index (χ2n) is 2.30. The van der Waals surface area contributed by atoms with Crippen molar-refractivity contribution in [2.75, 3.05) is 5.73 Å². The molecule has 0 amide bonds. The fourth-order valence-electron chi connectivity index (χ4n) is 0.828. The van der Waals surface area contributed by atoms with E-state index in [-0.39, 0.29) is 29.3 Å². The number of carbonyl (C=O) groups is 1. The van der Waals surface area contributed by atoms with Crippen molar-refractivity contribution in [3.63, 3.8) is 0 Å². The minimum Gasteiger partial charge on any atom is -0.398 e. The summed E-state index contributed by atoms with van der Waals surface area (Å²) in [6.45, 7) is 0. The lowest BCUT2D eigenvalue weighted by molar-refractivity contribution is -0.384. The summed E-state index contributed by atoms with van der Waals surface area (Å²) in [6, 6.07) is 3.52. The van der Waals surface area contributed by atoms with Crippen LogP contribution in [0, 0.1) is 10.1 Å². The predicted octanol–water partition coefficient (Wildman–Crippen LogP) is 1.98. The van der Waals surface area contributed by atoms with Crippen molar-refractivity contribution in [2.45, 2.75) is 0 Å². The lowest BCUT2D eigenvalue weighted by Crippen LogP contribution is -1.99. The molecular weight excluding hydrogens is 231 g/mol. The van der Waals surface area contributed by atoms with E-state index in [1.54, 1.807) is 0 Å². The van der Waals surface area contributed by atoms with Gasteiger partial charge in [-0.15, -0.1) is 12.4 Å². The predicted molar refractivity (Wildman–Crippen MR) is 54.9 cm³/mol. The highest BCUT2D eigenvalue weighted by Crippen LogP contribution is 2.20. The smallest absolute Gasteiger partial charge is 0.270 e. The standard InChI is InChI=1S/C7H5ClN2O3.ClH/c8-7(11)5-3-4(10(12)13)1-2-6(5)9;/h1-3H,9H2;1H. The number of nitrogens with two attached hydrogens (primary N) is 1. The van der Waals surface area contributed by atoms with Crippen LogP contribution in [0.25, 0.3) is 0 Å². The number of hydrogen-bond acceptors (Lipinski definition) is 4.